The first kappa shape index (κ1) is 13.2. The summed E-state index contributed by atoms with van der Waals surface area (Å²) in [6, 6.07) is 5.92. The van der Waals surface area contributed by atoms with Crippen LogP contribution in [0.3, 0.4) is 0 Å². The van der Waals surface area contributed by atoms with E-state index in [-0.39, 0.29) is 11.8 Å². The molecule has 0 fully saturated rings. The number of hydrogen-bond acceptors (Lipinski definition) is 4. The van der Waals surface area contributed by atoms with Crippen molar-refractivity contribution in [1.29, 1.82) is 0 Å². The third-order valence-electron chi connectivity index (χ3n) is 3.88. The Morgan fingerprint density at radius 1 is 1.45 bits per heavy atom. The Labute approximate surface area is 119 Å². The molecular weight excluding hydrogens is 254 g/mol. The maximum absolute atomic E-state index is 12.0. The van der Waals surface area contributed by atoms with E-state index in [0.717, 1.165) is 35.6 Å². The quantitative estimate of drug-likeness (QED) is 0.845. The number of fused-ring (bicyclic) bond motifs is 3. The maximum Gasteiger partial charge on any atom is 0.170 e. The average Bonchev–Trinajstić information content (AvgIpc) is 2.46. The molecule has 0 saturated heterocycles. The van der Waals surface area contributed by atoms with E-state index in [1.54, 1.807) is 13.2 Å². The van der Waals surface area contributed by atoms with Gasteiger partial charge in [-0.3, -0.25) is 9.69 Å². The Morgan fingerprint density at radius 3 is 3.05 bits per heavy atom. The Morgan fingerprint density at radius 2 is 2.30 bits per heavy atom. The molecule has 0 aromatic heterocycles. The van der Waals surface area contributed by atoms with Crippen LogP contribution in [-0.2, 0) is 4.79 Å². The largest absolute Gasteiger partial charge is 0.497 e. The number of nitrogens with zero attached hydrogens (tertiary/aromatic N) is 1. The molecule has 0 amide bonds. The van der Waals surface area contributed by atoms with Crippen molar-refractivity contribution in [2.75, 3.05) is 26.8 Å². The first-order chi connectivity index (χ1) is 9.72. The number of hydrogen-bond donors (Lipinski definition) is 0. The van der Waals surface area contributed by atoms with Gasteiger partial charge in [0.2, 0.25) is 0 Å². The van der Waals surface area contributed by atoms with Gasteiger partial charge in [-0.1, -0.05) is 6.92 Å². The highest BCUT2D eigenvalue weighted by atomic mass is 16.5. The van der Waals surface area contributed by atoms with E-state index in [1.165, 1.54) is 0 Å². The first-order valence-corrected chi connectivity index (χ1v) is 7.02. The van der Waals surface area contributed by atoms with Crippen LogP contribution in [0.1, 0.15) is 18.9 Å². The van der Waals surface area contributed by atoms with Crippen molar-refractivity contribution in [2.45, 2.75) is 19.4 Å². The van der Waals surface area contributed by atoms with Gasteiger partial charge in [0.1, 0.15) is 18.1 Å². The van der Waals surface area contributed by atoms with Crippen LogP contribution >= 0.6 is 0 Å². The van der Waals surface area contributed by atoms with Crippen LogP contribution in [-0.4, -0.2) is 43.5 Å². The van der Waals surface area contributed by atoms with Crippen LogP contribution in [0, 0.1) is 0 Å². The van der Waals surface area contributed by atoms with Crippen LogP contribution in [0.2, 0.25) is 0 Å². The predicted octanol–water partition coefficient (Wildman–Crippen LogP) is 2.13. The molecule has 106 valence electrons. The molecule has 2 aliphatic rings. The van der Waals surface area contributed by atoms with Crippen molar-refractivity contribution >= 4 is 11.4 Å². The van der Waals surface area contributed by atoms with Crippen LogP contribution < -0.4 is 9.47 Å². The number of carbonyl (C=O) groups is 1. The van der Waals surface area contributed by atoms with Crippen molar-refractivity contribution in [2.24, 2.45) is 0 Å². The fourth-order valence-corrected chi connectivity index (χ4v) is 2.95. The molecule has 1 aromatic carbocycles. The summed E-state index contributed by atoms with van der Waals surface area (Å²) in [7, 11) is 1.65. The summed E-state index contributed by atoms with van der Waals surface area (Å²) in [6.45, 7) is 4.14. The second-order valence-electron chi connectivity index (χ2n) is 5.23. The van der Waals surface area contributed by atoms with Gasteiger partial charge in [0.25, 0.3) is 0 Å². The van der Waals surface area contributed by atoms with Gasteiger partial charge >= 0.3 is 0 Å². The summed E-state index contributed by atoms with van der Waals surface area (Å²) in [5, 5.41) is 0. The molecule has 0 spiro atoms. The molecule has 0 aliphatic carbocycles. The summed E-state index contributed by atoms with van der Waals surface area (Å²) in [6.07, 6.45) is 2.81. The lowest BCUT2D eigenvalue weighted by atomic mass is 9.90. The summed E-state index contributed by atoms with van der Waals surface area (Å²) in [5.41, 5.74) is 2.05. The van der Waals surface area contributed by atoms with Crippen LogP contribution in [0.15, 0.2) is 24.3 Å². The molecule has 1 aromatic rings. The summed E-state index contributed by atoms with van der Waals surface area (Å²) >= 11 is 0. The molecule has 1 unspecified atom stereocenters. The topological polar surface area (TPSA) is 38.8 Å². The zero-order valence-corrected chi connectivity index (χ0v) is 11.9. The van der Waals surface area contributed by atoms with E-state index in [0.29, 0.717) is 13.2 Å². The minimum Gasteiger partial charge on any atom is -0.497 e. The molecule has 3 rings (SSSR count). The summed E-state index contributed by atoms with van der Waals surface area (Å²) < 4.78 is 11.1. The van der Waals surface area contributed by atoms with Gasteiger partial charge in [-0.2, -0.15) is 0 Å². The van der Waals surface area contributed by atoms with Gasteiger partial charge < -0.3 is 9.47 Å². The SMILES string of the molecule is CCCN1CC(=O)C=C2c3cc(OC)ccc3OCC21. The number of carbonyl (C=O) groups excluding carboxylic acids is 1. The predicted molar refractivity (Wildman–Crippen MR) is 77.1 cm³/mol. The second kappa shape index (κ2) is 5.29. The Kier molecular flexibility index (Phi) is 3.49. The van der Waals surface area contributed by atoms with Gasteiger partial charge in [-0.15, -0.1) is 0 Å². The Bertz CT molecular complexity index is 565. The normalized spacial score (nSPS) is 21.6. The average molecular weight is 273 g/mol. The lowest BCUT2D eigenvalue weighted by Crippen LogP contribution is -2.47. The highest BCUT2D eigenvalue weighted by molar-refractivity contribution is 6.01. The van der Waals surface area contributed by atoms with Gasteiger partial charge in [-0.25, -0.2) is 0 Å². The maximum atomic E-state index is 12.0. The Hall–Kier alpha value is -1.81. The first-order valence-electron chi connectivity index (χ1n) is 7.02. The van der Waals surface area contributed by atoms with Gasteiger partial charge in [0, 0.05) is 5.56 Å². The lowest BCUT2D eigenvalue weighted by molar-refractivity contribution is -0.116. The number of rotatable bonds is 3. The number of ether oxygens (including phenoxy) is 2. The second-order valence-corrected chi connectivity index (χ2v) is 5.23. The molecule has 2 heterocycles. The van der Waals surface area contributed by atoms with Crippen LogP contribution in [0.25, 0.3) is 5.57 Å². The third-order valence-corrected chi connectivity index (χ3v) is 3.88. The molecule has 0 bridgehead atoms. The molecule has 20 heavy (non-hydrogen) atoms. The summed E-state index contributed by atoms with van der Waals surface area (Å²) in [5.74, 6) is 1.79. The molecule has 1 atom stereocenters. The minimum absolute atomic E-state index is 0.167. The highest BCUT2D eigenvalue weighted by Gasteiger charge is 2.34. The zero-order valence-electron chi connectivity index (χ0n) is 11.9. The highest BCUT2D eigenvalue weighted by Crippen LogP contribution is 2.38. The van der Waals surface area contributed by atoms with Crippen molar-refractivity contribution < 1.29 is 14.3 Å². The standard InChI is InChI=1S/C16H19NO3/c1-3-6-17-9-11(18)7-13-14-8-12(19-2)4-5-16(14)20-10-15(13)17/h4-5,7-8,15H,3,6,9-10H2,1-2H3. The molecular formula is C16H19NO3. The molecule has 4 heteroatoms. The van der Waals surface area contributed by atoms with Crippen molar-refractivity contribution in [3.8, 4) is 11.5 Å². The van der Waals surface area contributed by atoms with Gasteiger partial charge in [-0.05, 0) is 42.8 Å². The fourth-order valence-electron chi connectivity index (χ4n) is 2.95. The van der Waals surface area contributed by atoms with E-state index in [1.807, 2.05) is 18.2 Å². The summed E-state index contributed by atoms with van der Waals surface area (Å²) in [4.78, 5) is 14.2. The van der Waals surface area contributed by atoms with Gasteiger partial charge in [0.05, 0.1) is 19.7 Å². The van der Waals surface area contributed by atoms with Crippen molar-refractivity contribution in [3.05, 3.63) is 29.8 Å². The van der Waals surface area contributed by atoms with E-state index in [9.17, 15) is 4.79 Å². The number of benzene rings is 1. The molecule has 2 aliphatic heterocycles. The minimum atomic E-state index is 0.167. The number of ketones is 1. The molecule has 4 nitrogen and oxygen atoms in total. The smallest absolute Gasteiger partial charge is 0.170 e. The lowest BCUT2D eigenvalue weighted by Gasteiger charge is -2.39. The van der Waals surface area contributed by atoms with E-state index in [4.69, 9.17) is 9.47 Å². The fraction of sp³-hybridized carbons (Fsp3) is 0.438. The molecule has 0 N–H and O–H groups in total. The monoisotopic (exact) mass is 273 g/mol. The van der Waals surface area contributed by atoms with Crippen molar-refractivity contribution in [1.82, 2.24) is 4.90 Å². The zero-order chi connectivity index (χ0) is 14.1. The van der Waals surface area contributed by atoms with Crippen LogP contribution in [0.5, 0.6) is 11.5 Å². The van der Waals surface area contributed by atoms with E-state index in [2.05, 4.69) is 11.8 Å². The molecule has 0 radical (unpaired) electrons. The molecule has 0 saturated carbocycles. The van der Waals surface area contributed by atoms with Gasteiger partial charge in [0.15, 0.2) is 5.78 Å². The van der Waals surface area contributed by atoms with Crippen molar-refractivity contribution in [3.63, 3.8) is 0 Å². The number of methoxy groups -OCH3 is 1. The Balaban J connectivity index is 2.03. The van der Waals surface area contributed by atoms with Crippen LogP contribution in [0.4, 0.5) is 0 Å². The third kappa shape index (κ3) is 2.20. The van der Waals surface area contributed by atoms with E-state index >= 15 is 0 Å². The van der Waals surface area contributed by atoms with E-state index < -0.39 is 0 Å².